The molecule has 0 aliphatic heterocycles. The molecule has 4 N–H and O–H groups in total. The van der Waals surface area contributed by atoms with E-state index < -0.39 is 6.09 Å². The predicted octanol–water partition coefficient (Wildman–Crippen LogP) is 4.23. The third kappa shape index (κ3) is 6.16. The van der Waals surface area contributed by atoms with Gasteiger partial charge in [-0.25, -0.2) is 15.2 Å². The molecule has 1 aliphatic carbocycles. The average molecular weight is 475 g/mol. The van der Waals surface area contributed by atoms with Crippen molar-refractivity contribution in [2.75, 3.05) is 25.2 Å². The van der Waals surface area contributed by atoms with Crippen LogP contribution in [0.1, 0.15) is 53.1 Å². The van der Waals surface area contributed by atoms with Gasteiger partial charge in [0.2, 0.25) is 0 Å². The number of anilines is 1. The Bertz CT molecular complexity index is 1100. The molecule has 0 radical (unpaired) electrons. The highest BCUT2D eigenvalue weighted by Crippen LogP contribution is 2.44. The average Bonchev–Trinajstić information content (AvgIpc) is 3.22. The van der Waals surface area contributed by atoms with Crippen LogP contribution < -0.4 is 16.2 Å². The molecule has 1 aliphatic rings. The smallest absolute Gasteiger partial charge is 0.426 e. The minimum atomic E-state index is -0.614. The van der Waals surface area contributed by atoms with Crippen LogP contribution in [0.15, 0.2) is 66.9 Å². The van der Waals surface area contributed by atoms with Gasteiger partial charge in [-0.15, -0.1) is 0 Å². The predicted molar refractivity (Wildman–Crippen MR) is 134 cm³/mol. The number of nitrogens with zero attached hydrogens (tertiary/aromatic N) is 1. The third-order valence-electron chi connectivity index (χ3n) is 6.03. The molecular weight excluding hydrogens is 444 g/mol. The van der Waals surface area contributed by atoms with Gasteiger partial charge in [-0.1, -0.05) is 61.4 Å². The third-order valence-corrected chi connectivity index (χ3v) is 6.03. The summed E-state index contributed by atoms with van der Waals surface area (Å²) < 4.78 is 5.48. The second kappa shape index (κ2) is 12.0. The molecule has 35 heavy (non-hydrogen) atoms. The molecule has 0 saturated heterocycles. The van der Waals surface area contributed by atoms with Crippen molar-refractivity contribution in [2.24, 2.45) is 0 Å². The Morgan fingerprint density at radius 2 is 1.57 bits per heavy atom. The molecule has 0 atom stereocenters. The largest absolute Gasteiger partial charge is 0.447 e. The standard InChI is InChI=1S/C27H30N4O4/c32-16-8-2-1-7-15-28-26(33)19-13-14-25(29-17-19)30-31-27(34)35-18-24-22-11-5-3-9-20(22)21-10-4-6-12-23(21)24/h3-6,9-14,17,24,32H,1-2,7-8,15-16,18H2,(H,28,33)(H,29,30)(H,31,34). The van der Waals surface area contributed by atoms with Gasteiger partial charge in [-0.2, -0.15) is 0 Å². The number of carbonyl (C=O) groups is 2. The van der Waals surface area contributed by atoms with Crippen molar-refractivity contribution in [3.63, 3.8) is 0 Å². The summed E-state index contributed by atoms with van der Waals surface area (Å²) in [7, 11) is 0. The second-order valence-corrected chi connectivity index (χ2v) is 8.40. The topological polar surface area (TPSA) is 113 Å². The summed E-state index contributed by atoms with van der Waals surface area (Å²) in [5.74, 6) is 0.175. The van der Waals surface area contributed by atoms with Gasteiger partial charge in [0.15, 0.2) is 0 Å². The van der Waals surface area contributed by atoms with Crippen LogP contribution in [0.5, 0.6) is 0 Å². The molecule has 8 heteroatoms. The molecular formula is C27H30N4O4. The first-order valence-electron chi connectivity index (χ1n) is 11.9. The fraction of sp³-hybridized carbons (Fsp3) is 0.296. The van der Waals surface area contributed by atoms with Crippen molar-refractivity contribution in [1.82, 2.24) is 15.7 Å². The highest BCUT2D eigenvalue weighted by Gasteiger charge is 2.28. The fourth-order valence-electron chi connectivity index (χ4n) is 4.25. The van der Waals surface area contributed by atoms with E-state index in [4.69, 9.17) is 9.84 Å². The number of fused-ring (bicyclic) bond motifs is 3. The molecule has 2 aromatic carbocycles. The first-order valence-corrected chi connectivity index (χ1v) is 11.9. The molecule has 182 valence electrons. The molecule has 0 spiro atoms. The van der Waals surface area contributed by atoms with E-state index in [1.165, 1.54) is 17.3 Å². The van der Waals surface area contributed by atoms with Crippen molar-refractivity contribution in [2.45, 2.75) is 31.6 Å². The molecule has 8 nitrogen and oxygen atoms in total. The van der Waals surface area contributed by atoms with Crippen LogP contribution in [0, 0.1) is 0 Å². The van der Waals surface area contributed by atoms with Crippen LogP contribution in [0.2, 0.25) is 0 Å². The van der Waals surface area contributed by atoms with Gasteiger partial charge in [0.1, 0.15) is 12.4 Å². The molecule has 0 fully saturated rings. The number of aliphatic hydroxyl groups excluding tert-OH is 1. The van der Waals surface area contributed by atoms with Gasteiger partial charge >= 0.3 is 6.09 Å². The lowest BCUT2D eigenvalue weighted by molar-refractivity contribution is 0.0952. The lowest BCUT2D eigenvalue weighted by Gasteiger charge is -2.15. The zero-order valence-electron chi connectivity index (χ0n) is 19.5. The maximum absolute atomic E-state index is 12.3. The van der Waals surface area contributed by atoms with Gasteiger partial charge in [0, 0.05) is 25.3 Å². The molecule has 0 saturated carbocycles. The zero-order chi connectivity index (χ0) is 24.5. The molecule has 0 unspecified atom stereocenters. The Balaban J connectivity index is 1.22. The van der Waals surface area contributed by atoms with Crippen LogP contribution in [0.25, 0.3) is 11.1 Å². The summed E-state index contributed by atoms with van der Waals surface area (Å²) in [6.07, 6.45) is 4.40. The van der Waals surface area contributed by atoms with E-state index in [1.54, 1.807) is 12.1 Å². The normalized spacial score (nSPS) is 11.9. The van der Waals surface area contributed by atoms with Gasteiger partial charge in [0.25, 0.3) is 5.91 Å². The lowest BCUT2D eigenvalue weighted by Crippen LogP contribution is -2.31. The first-order chi connectivity index (χ1) is 17.2. The van der Waals surface area contributed by atoms with Gasteiger partial charge < -0.3 is 15.2 Å². The van der Waals surface area contributed by atoms with E-state index in [2.05, 4.69) is 45.4 Å². The Hall–Kier alpha value is -3.91. The molecule has 1 aromatic heterocycles. The Morgan fingerprint density at radius 3 is 2.23 bits per heavy atom. The number of ether oxygens (including phenoxy) is 1. The lowest BCUT2D eigenvalue weighted by atomic mass is 9.98. The van der Waals surface area contributed by atoms with Crippen molar-refractivity contribution in [1.29, 1.82) is 0 Å². The number of aromatic nitrogens is 1. The molecule has 2 amide bonds. The maximum atomic E-state index is 12.3. The van der Waals surface area contributed by atoms with Crippen LogP contribution in [0.4, 0.5) is 10.6 Å². The maximum Gasteiger partial charge on any atom is 0.426 e. The fourth-order valence-corrected chi connectivity index (χ4v) is 4.25. The first kappa shape index (κ1) is 24.2. The SMILES string of the molecule is O=C(NNc1ccc(C(=O)NCCCCCCO)cn1)OCC1c2ccccc2-c2ccccc21. The second-order valence-electron chi connectivity index (χ2n) is 8.40. The van der Waals surface area contributed by atoms with E-state index in [0.717, 1.165) is 36.8 Å². The van der Waals surface area contributed by atoms with E-state index in [1.807, 2.05) is 24.3 Å². The van der Waals surface area contributed by atoms with E-state index in [0.29, 0.717) is 17.9 Å². The Labute approximate surface area is 204 Å². The van der Waals surface area contributed by atoms with Gasteiger partial charge in [-0.05, 0) is 47.2 Å². The van der Waals surface area contributed by atoms with Crippen molar-refractivity contribution in [3.8, 4) is 11.1 Å². The number of hydrazine groups is 1. The highest BCUT2D eigenvalue weighted by molar-refractivity contribution is 5.94. The summed E-state index contributed by atoms with van der Waals surface area (Å²) in [6, 6.07) is 19.6. The number of hydrogen-bond donors (Lipinski definition) is 4. The van der Waals surface area contributed by atoms with Gasteiger partial charge in [-0.3, -0.25) is 10.2 Å². The minimum absolute atomic E-state index is 0.0150. The quantitative estimate of drug-likeness (QED) is 0.244. The van der Waals surface area contributed by atoms with Crippen LogP contribution in [-0.2, 0) is 4.74 Å². The molecule has 4 rings (SSSR count). The van der Waals surface area contributed by atoms with E-state index in [9.17, 15) is 9.59 Å². The number of carbonyl (C=O) groups excluding carboxylic acids is 2. The molecule has 3 aromatic rings. The summed E-state index contributed by atoms with van der Waals surface area (Å²) in [5.41, 5.74) is 10.3. The summed E-state index contributed by atoms with van der Waals surface area (Å²) in [4.78, 5) is 28.6. The van der Waals surface area contributed by atoms with E-state index in [-0.39, 0.29) is 25.0 Å². The van der Waals surface area contributed by atoms with Crippen LogP contribution >= 0.6 is 0 Å². The number of aliphatic hydroxyl groups is 1. The number of rotatable bonds is 11. The summed E-state index contributed by atoms with van der Waals surface area (Å²) >= 11 is 0. The van der Waals surface area contributed by atoms with Gasteiger partial charge in [0.05, 0.1) is 5.56 Å². The molecule has 0 bridgehead atoms. The molecule has 1 heterocycles. The number of benzene rings is 2. The van der Waals surface area contributed by atoms with Crippen LogP contribution in [0.3, 0.4) is 0 Å². The Morgan fingerprint density at radius 1 is 0.886 bits per heavy atom. The van der Waals surface area contributed by atoms with E-state index >= 15 is 0 Å². The number of unbranched alkanes of at least 4 members (excludes halogenated alkanes) is 3. The van der Waals surface area contributed by atoms with Crippen molar-refractivity contribution < 1.29 is 19.4 Å². The summed E-state index contributed by atoms with van der Waals surface area (Å²) in [6.45, 7) is 0.996. The van der Waals surface area contributed by atoms with Crippen molar-refractivity contribution >= 4 is 17.8 Å². The summed E-state index contributed by atoms with van der Waals surface area (Å²) in [5, 5.41) is 11.6. The van der Waals surface area contributed by atoms with Crippen molar-refractivity contribution in [3.05, 3.63) is 83.6 Å². The zero-order valence-corrected chi connectivity index (χ0v) is 19.5. The van der Waals surface area contributed by atoms with Crippen LogP contribution in [-0.4, -0.2) is 41.8 Å². The number of amides is 2. The highest BCUT2D eigenvalue weighted by atomic mass is 16.6. The number of pyridine rings is 1. The number of nitrogens with one attached hydrogen (secondary N) is 3. The monoisotopic (exact) mass is 474 g/mol. The Kier molecular flexibility index (Phi) is 8.30. The number of hydrogen-bond acceptors (Lipinski definition) is 6. The minimum Gasteiger partial charge on any atom is -0.447 e.